The van der Waals surface area contributed by atoms with E-state index in [1.165, 1.54) is 5.56 Å². The Balaban J connectivity index is 2.81. The predicted molar refractivity (Wildman–Crippen MR) is 66.9 cm³/mol. The molecule has 0 amide bonds. The van der Waals surface area contributed by atoms with E-state index in [0.717, 1.165) is 5.69 Å². The topological polar surface area (TPSA) is 39.1 Å². The van der Waals surface area contributed by atoms with Crippen LogP contribution in [-0.2, 0) is 0 Å². The van der Waals surface area contributed by atoms with Gasteiger partial charge in [-0.2, -0.15) is 5.26 Å². The Labute approximate surface area is 97.7 Å². The average Bonchev–Trinajstić information content (AvgIpc) is 2.16. The number of nitriles is 1. The fourth-order valence-corrected chi connectivity index (χ4v) is 1.39. The molecule has 1 aromatic carbocycles. The highest BCUT2D eigenvalue weighted by Gasteiger charge is 2.20. The van der Waals surface area contributed by atoms with Crippen LogP contribution >= 0.6 is 0 Å². The third-order valence-corrected chi connectivity index (χ3v) is 2.32. The van der Waals surface area contributed by atoms with E-state index >= 15 is 0 Å². The van der Waals surface area contributed by atoms with Crippen molar-refractivity contribution in [1.82, 2.24) is 5.01 Å². The van der Waals surface area contributed by atoms with Crippen molar-refractivity contribution in [3.63, 3.8) is 0 Å². The highest BCUT2D eigenvalue weighted by molar-refractivity contribution is 5.44. The molecule has 0 saturated heterocycles. The van der Waals surface area contributed by atoms with Crippen LogP contribution in [0.1, 0.15) is 26.3 Å². The number of hydrogen-bond donors (Lipinski definition) is 1. The first-order chi connectivity index (χ1) is 7.43. The Kier molecular flexibility index (Phi) is 3.92. The largest absolute Gasteiger partial charge is 0.317 e. The van der Waals surface area contributed by atoms with E-state index in [1.54, 1.807) is 0 Å². The van der Waals surface area contributed by atoms with Gasteiger partial charge in [0.05, 0.1) is 6.07 Å². The molecule has 0 saturated carbocycles. The summed E-state index contributed by atoms with van der Waals surface area (Å²) in [7, 11) is 0. The summed E-state index contributed by atoms with van der Waals surface area (Å²) in [5, 5.41) is 10.7. The molecule has 3 heteroatoms. The van der Waals surface area contributed by atoms with E-state index < -0.39 is 0 Å². The lowest BCUT2D eigenvalue weighted by Crippen LogP contribution is -2.45. The third kappa shape index (κ3) is 3.56. The van der Waals surface area contributed by atoms with Crippen molar-refractivity contribution < 1.29 is 0 Å². The second kappa shape index (κ2) is 5.00. The van der Waals surface area contributed by atoms with Gasteiger partial charge in [-0.3, -0.25) is 0 Å². The zero-order valence-electron chi connectivity index (χ0n) is 10.4. The smallest absolute Gasteiger partial charge is 0.106 e. The van der Waals surface area contributed by atoms with E-state index in [1.807, 2.05) is 17.1 Å². The number of nitrogens with zero attached hydrogens (tertiary/aromatic N) is 2. The normalized spacial score (nSPS) is 11.2. The summed E-state index contributed by atoms with van der Waals surface area (Å²) in [6.45, 7) is 8.64. The van der Waals surface area contributed by atoms with Crippen LogP contribution in [0.5, 0.6) is 0 Å². The Bertz CT molecular complexity index is 385. The average molecular weight is 217 g/mol. The SMILES string of the molecule is Cc1cccc(NN(CC#N)C(C)(C)C)c1. The van der Waals surface area contributed by atoms with Gasteiger partial charge >= 0.3 is 0 Å². The molecule has 0 unspecified atom stereocenters. The minimum atomic E-state index is -0.0839. The van der Waals surface area contributed by atoms with Crippen LogP contribution in [0.3, 0.4) is 0 Å². The van der Waals surface area contributed by atoms with Gasteiger partial charge in [0.15, 0.2) is 0 Å². The Morgan fingerprint density at radius 3 is 2.56 bits per heavy atom. The number of aryl methyl sites for hydroxylation is 1. The maximum Gasteiger partial charge on any atom is 0.106 e. The van der Waals surface area contributed by atoms with Gasteiger partial charge in [0.25, 0.3) is 0 Å². The van der Waals surface area contributed by atoms with Crippen molar-refractivity contribution in [3.05, 3.63) is 29.8 Å². The van der Waals surface area contributed by atoms with Crippen molar-refractivity contribution in [2.24, 2.45) is 0 Å². The molecular formula is C13H19N3. The zero-order chi connectivity index (χ0) is 12.2. The van der Waals surface area contributed by atoms with Crippen LogP contribution < -0.4 is 5.43 Å². The Morgan fingerprint density at radius 2 is 2.06 bits per heavy atom. The van der Waals surface area contributed by atoms with Crippen molar-refractivity contribution in [2.45, 2.75) is 33.2 Å². The molecule has 0 bridgehead atoms. The molecule has 0 aromatic heterocycles. The fourth-order valence-electron chi connectivity index (χ4n) is 1.39. The Morgan fingerprint density at radius 1 is 1.38 bits per heavy atom. The third-order valence-electron chi connectivity index (χ3n) is 2.32. The summed E-state index contributed by atoms with van der Waals surface area (Å²) in [5.41, 5.74) is 5.41. The summed E-state index contributed by atoms with van der Waals surface area (Å²) in [4.78, 5) is 0. The Hall–Kier alpha value is -1.53. The van der Waals surface area contributed by atoms with Crippen LogP contribution in [0, 0.1) is 18.3 Å². The molecule has 0 radical (unpaired) electrons. The van der Waals surface area contributed by atoms with Crippen LogP contribution in [0.15, 0.2) is 24.3 Å². The van der Waals surface area contributed by atoms with Gasteiger partial charge < -0.3 is 5.43 Å². The molecule has 16 heavy (non-hydrogen) atoms. The van der Waals surface area contributed by atoms with Gasteiger partial charge in [-0.15, -0.1) is 0 Å². The molecule has 0 spiro atoms. The highest BCUT2D eigenvalue weighted by atomic mass is 15.5. The molecular weight excluding hydrogens is 198 g/mol. The lowest BCUT2D eigenvalue weighted by atomic mass is 10.1. The van der Waals surface area contributed by atoms with Crippen molar-refractivity contribution in [2.75, 3.05) is 12.0 Å². The lowest BCUT2D eigenvalue weighted by molar-refractivity contribution is 0.195. The number of hydrogen-bond acceptors (Lipinski definition) is 3. The summed E-state index contributed by atoms with van der Waals surface area (Å²) < 4.78 is 0. The van der Waals surface area contributed by atoms with Crippen molar-refractivity contribution >= 4 is 5.69 Å². The number of benzene rings is 1. The summed E-state index contributed by atoms with van der Waals surface area (Å²) >= 11 is 0. The first-order valence-corrected chi connectivity index (χ1v) is 5.41. The summed E-state index contributed by atoms with van der Waals surface area (Å²) in [6, 6.07) is 10.3. The minimum Gasteiger partial charge on any atom is -0.317 e. The molecule has 0 atom stereocenters. The van der Waals surface area contributed by atoms with E-state index in [2.05, 4.69) is 51.3 Å². The monoisotopic (exact) mass is 217 g/mol. The minimum absolute atomic E-state index is 0.0839. The van der Waals surface area contributed by atoms with E-state index in [-0.39, 0.29) is 5.54 Å². The molecule has 0 aliphatic heterocycles. The molecule has 1 rings (SSSR count). The van der Waals surface area contributed by atoms with Gasteiger partial charge in [-0.25, -0.2) is 5.01 Å². The van der Waals surface area contributed by atoms with Gasteiger partial charge in [0.1, 0.15) is 6.54 Å². The maximum atomic E-state index is 8.80. The first-order valence-electron chi connectivity index (χ1n) is 5.41. The molecule has 3 nitrogen and oxygen atoms in total. The molecule has 0 fully saturated rings. The highest BCUT2D eigenvalue weighted by Crippen LogP contribution is 2.16. The predicted octanol–water partition coefficient (Wildman–Crippen LogP) is 2.95. The van der Waals surface area contributed by atoms with Crippen molar-refractivity contribution in [1.29, 1.82) is 5.26 Å². The number of anilines is 1. The number of rotatable bonds is 3. The van der Waals surface area contributed by atoms with Gasteiger partial charge in [-0.1, -0.05) is 12.1 Å². The summed E-state index contributed by atoms with van der Waals surface area (Å²) in [5.74, 6) is 0. The van der Waals surface area contributed by atoms with Crippen LogP contribution in [0.4, 0.5) is 5.69 Å². The molecule has 86 valence electrons. The molecule has 0 aliphatic rings. The second-order valence-corrected chi connectivity index (χ2v) is 4.90. The quantitative estimate of drug-likeness (QED) is 0.625. The van der Waals surface area contributed by atoms with E-state index in [0.29, 0.717) is 6.54 Å². The molecule has 1 aromatic rings. The standard InChI is InChI=1S/C13H19N3/c1-11-6-5-7-12(10-11)15-16(9-8-14)13(2,3)4/h5-7,10,15H,9H2,1-4H3. The van der Waals surface area contributed by atoms with Gasteiger partial charge in [0, 0.05) is 11.2 Å². The van der Waals surface area contributed by atoms with Crippen LogP contribution in [-0.4, -0.2) is 17.1 Å². The lowest BCUT2D eigenvalue weighted by Gasteiger charge is -2.34. The first kappa shape index (κ1) is 12.5. The molecule has 0 aliphatic carbocycles. The van der Waals surface area contributed by atoms with Crippen LogP contribution in [0.25, 0.3) is 0 Å². The zero-order valence-corrected chi connectivity index (χ0v) is 10.4. The fraction of sp³-hybridized carbons (Fsp3) is 0.462. The van der Waals surface area contributed by atoms with Crippen LogP contribution in [0.2, 0.25) is 0 Å². The van der Waals surface area contributed by atoms with E-state index in [4.69, 9.17) is 5.26 Å². The number of nitrogens with one attached hydrogen (secondary N) is 1. The van der Waals surface area contributed by atoms with Gasteiger partial charge in [0.2, 0.25) is 0 Å². The molecule has 0 heterocycles. The van der Waals surface area contributed by atoms with E-state index in [9.17, 15) is 0 Å². The molecule has 1 N–H and O–H groups in total. The maximum absolute atomic E-state index is 8.80. The van der Waals surface area contributed by atoms with Gasteiger partial charge in [-0.05, 0) is 45.4 Å². The summed E-state index contributed by atoms with van der Waals surface area (Å²) in [6.07, 6.45) is 0. The second-order valence-electron chi connectivity index (χ2n) is 4.90. The number of hydrazine groups is 1. The van der Waals surface area contributed by atoms with Crippen molar-refractivity contribution in [3.8, 4) is 6.07 Å².